The minimum absolute atomic E-state index is 0.0964. The molecule has 0 spiro atoms. The van der Waals surface area contributed by atoms with Crippen LogP contribution in [0.4, 0.5) is 0 Å². The largest absolute Gasteiger partial charge is 0.291 e. The smallest absolute Gasteiger partial charge is 0.274 e. The molecule has 2 aromatic heterocycles. The van der Waals surface area contributed by atoms with E-state index in [0.717, 1.165) is 11.5 Å². The summed E-state index contributed by atoms with van der Waals surface area (Å²) in [5.41, 5.74) is 1.21. The summed E-state index contributed by atoms with van der Waals surface area (Å²) in [4.78, 5) is 13.2. The van der Waals surface area contributed by atoms with E-state index < -0.39 is 0 Å². The molecule has 0 N–H and O–H groups in total. The molecule has 0 saturated heterocycles. The molecule has 134 valence electrons. The SMILES string of the molecule is Cc1nnc(Sc2cnn(-c3ccccc3)c(=O)c2Cl)n1-c1ccccc1. The van der Waals surface area contributed by atoms with Crippen molar-refractivity contribution in [2.24, 2.45) is 0 Å². The first-order valence-electron chi connectivity index (χ1n) is 8.13. The second-order valence-corrected chi connectivity index (χ2v) is 7.07. The molecule has 2 aromatic carbocycles. The topological polar surface area (TPSA) is 65.6 Å². The van der Waals surface area contributed by atoms with Gasteiger partial charge in [0, 0.05) is 5.69 Å². The molecule has 6 nitrogen and oxygen atoms in total. The van der Waals surface area contributed by atoms with Crippen molar-refractivity contribution in [3.05, 3.63) is 88.1 Å². The van der Waals surface area contributed by atoms with Crippen LogP contribution < -0.4 is 5.56 Å². The maximum atomic E-state index is 12.7. The van der Waals surface area contributed by atoms with Crippen molar-refractivity contribution < 1.29 is 0 Å². The van der Waals surface area contributed by atoms with Crippen LogP contribution in [0.15, 0.2) is 81.7 Å². The van der Waals surface area contributed by atoms with Gasteiger partial charge in [-0.3, -0.25) is 9.36 Å². The maximum absolute atomic E-state index is 12.7. The van der Waals surface area contributed by atoms with Crippen molar-refractivity contribution in [3.63, 3.8) is 0 Å². The van der Waals surface area contributed by atoms with Crippen molar-refractivity contribution in [1.82, 2.24) is 24.5 Å². The lowest BCUT2D eigenvalue weighted by atomic mass is 10.3. The molecule has 0 radical (unpaired) electrons. The lowest BCUT2D eigenvalue weighted by molar-refractivity contribution is 0.789. The van der Waals surface area contributed by atoms with E-state index in [1.165, 1.54) is 16.4 Å². The third kappa shape index (κ3) is 3.39. The number of halogens is 1. The Morgan fingerprint density at radius 3 is 2.22 bits per heavy atom. The molecule has 0 amide bonds. The number of hydrogen-bond donors (Lipinski definition) is 0. The third-order valence-corrected chi connectivity index (χ3v) is 5.35. The highest BCUT2D eigenvalue weighted by molar-refractivity contribution is 7.99. The zero-order valence-corrected chi connectivity index (χ0v) is 15.9. The monoisotopic (exact) mass is 395 g/mol. The highest BCUT2D eigenvalue weighted by Crippen LogP contribution is 2.31. The lowest BCUT2D eigenvalue weighted by Gasteiger charge is -2.10. The van der Waals surface area contributed by atoms with Crippen LogP contribution in [-0.2, 0) is 0 Å². The van der Waals surface area contributed by atoms with E-state index in [9.17, 15) is 4.79 Å². The van der Waals surface area contributed by atoms with E-state index in [1.807, 2.05) is 60.0 Å². The van der Waals surface area contributed by atoms with Gasteiger partial charge in [0.05, 0.1) is 16.8 Å². The summed E-state index contributed by atoms with van der Waals surface area (Å²) < 4.78 is 3.18. The molecule has 2 heterocycles. The minimum atomic E-state index is -0.379. The van der Waals surface area contributed by atoms with Gasteiger partial charge in [0.15, 0.2) is 0 Å². The second-order valence-electron chi connectivity index (χ2n) is 5.68. The molecular weight excluding hydrogens is 382 g/mol. The number of nitrogens with zero attached hydrogens (tertiary/aromatic N) is 5. The van der Waals surface area contributed by atoms with Crippen LogP contribution in [0.5, 0.6) is 0 Å². The fourth-order valence-corrected chi connectivity index (χ4v) is 3.75. The molecule has 0 aliphatic carbocycles. The quantitative estimate of drug-likeness (QED) is 0.524. The van der Waals surface area contributed by atoms with Crippen LogP contribution >= 0.6 is 23.4 Å². The molecule has 8 heteroatoms. The van der Waals surface area contributed by atoms with Gasteiger partial charge in [-0.2, -0.15) is 9.78 Å². The molecule has 27 heavy (non-hydrogen) atoms. The number of hydrogen-bond acceptors (Lipinski definition) is 5. The molecule has 4 aromatic rings. The normalized spacial score (nSPS) is 10.9. The Bertz CT molecular complexity index is 1140. The molecule has 0 aliphatic rings. The fraction of sp³-hybridized carbons (Fsp3) is 0.0526. The minimum Gasteiger partial charge on any atom is -0.274 e. The summed E-state index contributed by atoms with van der Waals surface area (Å²) in [5, 5.41) is 13.3. The van der Waals surface area contributed by atoms with Gasteiger partial charge in [-0.25, -0.2) is 0 Å². The van der Waals surface area contributed by atoms with E-state index in [4.69, 9.17) is 11.6 Å². The molecule has 0 aliphatic heterocycles. The Labute approximate surface area is 164 Å². The van der Waals surface area contributed by atoms with Gasteiger partial charge in [0.25, 0.3) is 5.56 Å². The highest BCUT2D eigenvalue weighted by Gasteiger charge is 2.17. The molecule has 0 unspecified atom stereocenters. The highest BCUT2D eigenvalue weighted by atomic mass is 35.5. The Morgan fingerprint density at radius 2 is 1.56 bits per heavy atom. The first kappa shape index (κ1) is 17.5. The molecule has 4 rings (SSSR count). The zero-order chi connectivity index (χ0) is 18.8. The van der Waals surface area contributed by atoms with Gasteiger partial charge in [0.2, 0.25) is 5.16 Å². The Kier molecular flexibility index (Phi) is 4.79. The molecule has 0 fully saturated rings. The summed E-state index contributed by atoms with van der Waals surface area (Å²) in [6.45, 7) is 1.87. The Hall–Kier alpha value is -2.90. The van der Waals surface area contributed by atoms with Crippen molar-refractivity contribution in [1.29, 1.82) is 0 Å². The third-order valence-electron chi connectivity index (χ3n) is 3.90. The summed E-state index contributed by atoms with van der Waals surface area (Å²) in [6, 6.07) is 18.9. The van der Waals surface area contributed by atoms with Crippen molar-refractivity contribution >= 4 is 23.4 Å². The number of para-hydroxylation sites is 2. The van der Waals surface area contributed by atoms with Crippen LogP contribution in [0.2, 0.25) is 5.02 Å². The number of aromatic nitrogens is 5. The predicted molar refractivity (Wildman–Crippen MR) is 105 cm³/mol. The average molecular weight is 396 g/mol. The summed E-state index contributed by atoms with van der Waals surface area (Å²) >= 11 is 7.61. The summed E-state index contributed by atoms with van der Waals surface area (Å²) in [7, 11) is 0. The van der Waals surface area contributed by atoms with Gasteiger partial charge in [-0.1, -0.05) is 48.0 Å². The standard InChI is InChI=1S/C19H14ClN5OS/c1-13-22-23-19(24(13)14-8-4-2-5-9-14)27-16-12-21-25(18(26)17(16)20)15-10-6-3-7-11-15/h2-12H,1H3. The number of aryl methyl sites for hydroxylation is 1. The van der Waals surface area contributed by atoms with Crippen LogP contribution in [0.25, 0.3) is 11.4 Å². The predicted octanol–water partition coefficient (Wildman–Crippen LogP) is 3.93. The first-order valence-corrected chi connectivity index (χ1v) is 9.33. The first-order chi connectivity index (χ1) is 13.1. The van der Waals surface area contributed by atoms with Gasteiger partial charge in [-0.15, -0.1) is 10.2 Å². The van der Waals surface area contributed by atoms with E-state index in [2.05, 4.69) is 15.3 Å². The van der Waals surface area contributed by atoms with E-state index in [0.29, 0.717) is 15.7 Å². The van der Waals surface area contributed by atoms with E-state index >= 15 is 0 Å². The van der Waals surface area contributed by atoms with Crippen LogP contribution in [0, 0.1) is 6.92 Å². The summed E-state index contributed by atoms with van der Waals surface area (Å²) in [6.07, 6.45) is 1.57. The molecular formula is C19H14ClN5OS. The molecule has 0 bridgehead atoms. The van der Waals surface area contributed by atoms with E-state index in [-0.39, 0.29) is 10.6 Å². The number of rotatable bonds is 4. The molecule has 0 saturated carbocycles. The van der Waals surface area contributed by atoms with Crippen molar-refractivity contribution in [3.8, 4) is 11.4 Å². The van der Waals surface area contributed by atoms with Crippen molar-refractivity contribution in [2.45, 2.75) is 17.0 Å². The van der Waals surface area contributed by atoms with Crippen molar-refractivity contribution in [2.75, 3.05) is 0 Å². The van der Waals surface area contributed by atoms with Gasteiger partial charge >= 0.3 is 0 Å². The molecule has 0 atom stereocenters. The Morgan fingerprint density at radius 1 is 0.926 bits per heavy atom. The fourth-order valence-electron chi connectivity index (χ4n) is 2.62. The number of benzene rings is 2. The van der Waals surface area contributed by atoms with Crippen LogP contribution in [0.1, 0.15) is 5.82 Å². The zero-order valence-electron chi connectivity index (χ0n) is 14.3. The lowest BCUT2D eigenvalue weighted by Crippen LogP contribution is -2.21. The van der Waals surface area contributed by atoms with Gasteiger partial charge < -0.3 is 0 Å². The van der Waals surface area contributed by atoms with E-state index in [1.54, 1.807) is 18.3 Å². The van der Waals surface area contributed by atoms with Gasteiger partial charge in [-0.05, 0) is 43.0 Å². The summed E-state index contributed by atoms with van der Waals surface area (Å²) in [5.74, 6) is 0.741. The van der Waals surface area contributed by atoms with Gasteiger partial charge in [0.1, 0.15) is 10.8 Å². The Balaban J connectivity index is 1.73. The second kappa shape index (κ2) is 7.38. The maximum Gasteiger partial charge on any atom is 0.291 e. The average Bonchev–Trinajstić information content (AvgIpc) is 3.07. The van der Waals surface area contributed by atoms with Crippen LogP contribution in [-0.4, -0.2) is 24.5 Å². The van der Waals surface area contributed by atoms with Crippen LogP contribution in [0.3, 0.4) is 0 Å².